The molecular formula is C15H32N2. The Bertz CT molecular complexity index is 265. The van der Waals surface area contributed by atoms with E-state index < -0.39 is 0 Å². The first-order valence-electron chi connectivity index (χ1n) is 7.01. The van der Waals surface area contributed by atoms with Gasteiger partial charge in [-0.15, -0.1) is 0 Å². The normalized spacial score (nSPS) is 30.9. The Kier molecular flexibility index (Phi) is 4.01. The van der Waals surface area contributed by atoms with Crippen molar-refractivity contribution in [2.45, 2.75) is 72.4 Å². The maximum Gasteiger partial charge on any atom is 0.0382 e. The Morgan fingerprint density at radius 3 is 2.06 bits per heavy atom. The smallest absolute Gasteiger partial charge is 0.0382 e. The van der Waals surface area contributed by atoms with E-state index >= 15 is 0 Å². The molecule has 0 amide bonds. The highest BCUT2D eigenvalue weighted by Gasteiger charge is 2.52. The average molecular weight is 240 g/mol. The van der Waals surface area contributed by atoms with Crippen LogP contribution in [0, 0.1) is 10.8 Å². The number of hydrogen-bond acceptors (Lipinski definition) is 2. The van der Waals surface area contributed by atoms with Crippen LogP contribution < -0.4 is 5.73 Å². The number of hydrogen-bond donors (Lipinski definition) is 1. The van der Waals surface area contributed by atoms with Crippen molar-refractivity contribution in [1.29, 1.82) is 0 Å². The van der Waals surface area contributed by atoms with Crippen LogP contribution in [-0.4, -0.2) is 30.1 Å². The first kappa shape index (κ1) is 15.0. The Morgan fingerprint density at radius 2 is 1.76 bits per heavy atom. The lowest BCUT2D eigenvalue weighted by Crippen LogP contribution is -2.62. The molecule has 2 heteroatoms. The molecule has 0 radical (unpaired) electrons. The van der Waals surface area contributed by atoms with Gasteiger partial charge in [0.1, 0.15) is 0 Å². The van der Waals surface area contributed by atoms with Gasteiger partial charge in [0.2, 0.25) is 0 Å². The molecule has 2 nitrogen and oxygen atoms in total. The number of nitrogens with two attached hydrogens (primary N) is 1. The minimum atomic E-state index is 0.180. The van der Waals surface area contributed by atoms with Crippen molar-refractivity contribution in [2.24, 2.45) is 16.6 Å². The van der Waals surface area contributed by atoms with Crippen LogP contribution in [0.1, 0.15) is 60.8 Å². The molecule has 17 heavy (non-hydrogen) atoms. The zero-order valence-corrected chi connectivity index (χ0v) is 12.9. The fourth-order valence-electron chi connectivity index (χ4n) is 3.52. The molecule has 2 N–H and O–H groups in total. The van der Waals surface area contributed by atoms with Crippen LogP contribution in [0.25, 0.3) is 0 Å². The number of nitrogens with zero attached hydrogens (tertiary/aromatic N) is 1. The topological polar surface area (TPSA) is 29.3 Å². The summed E-state index contributed by atoms with van der Waals surface area (Å²) in [4.78, 5) is 2.57. The second-order valence-electron chi connectivity index (χ2n) is 7.63. The largest absolute Gasteiger partial charge is 0.329 e. The quantitative estimate of drug-likeness (QED) is 0.820. The van der Waals surface area contributed by atoms with Crippen molar-refractivity contribution in [3.05, 3.63) is 0 Å². The molecule has 1 fully saturated rings. The molecule has 0 aromatic carbocycles. The summed E-state index contributed by atoms with van der Waals surface area (Å²) in [6, 6.07) is 0.545. The fourth-order valence-corrected chi connectivity index (χ4v) is 3.52. The molecule has 102 valence electrons. The van der Waals surface area contributed by atoms with E-state index in [0.717, 1.165) is 6.54 Å². The molecule has 0 bridgehead atoms. The molecule has 0 aromatic rings. The van der Waals surface area contributed by atoms with Crippen molar-refractivity contribution in [2.75, 3.05) is 13.6 Å². The summed E-state index contributed by atoms with van der Waals surface area (Å²) < 4.78 is 0. The summed E-state index contributed by atoms with van der Waals surface area (Å²) in [6.45, 7) is 14.8. The molecule has 2 unspecified atom stereocenters. The van der Waals surface area contributed by atoms with Gasteiger partial charge in [-0.25, -0.2) is 0 Å². The first-order valence-corrected chi connectivity index (χ1v) is 7.01. The third kappa shape index (κ3) is 2.39. The zero-order chi connectivity index (χ0) is 13.5. The molecule has 0 aliphatic heterocycles. The molecule has 2 atom stereocenters. The SMILES string of the molecule is CC(N(C)C1(CN)CCCC1(C)C)C(C)(C)C. The third-order valence-electron chi connectivity index (χ3n) is 5.50. The van der Waals surface area contributed by atoms with E-state index in [1.807, 2.05) is 0 Å². The summed E-state index contributed by atoms with van der Waals surface area (Å²) in [5.74, 6) is 0. The van der Waals surface area contributed by atoms with Crippen LogP contribution in [0.4, 0.5) is 0 Å². The Balaban J connectivity index is 3.03. The van der Waals surface area contributed by atoms with Crippen molar-refractivity contribution in [3.63, 3.8) is 0 Å². The van der Waals surface area contributed by atoms with Gasteiger partial charge in [0.25, 0.3) is 0 Å². The minimum absolute atomic E-state index is 0.180. The first-order chi connectivity index (χ1) is 7.58. The monoisotopic (exact) mass is 240 g/mol. The molecule has 1 aliphatic rings. The molecular weight excluding hydrogens is 208 g/mol. The minimum Gasteiger partial charge on any atom is -0.329 e. The van der Waals surface area contributed by atoms with Crippen molar-refractivity contribution in [3.8, 4) is 0 Å². The van der Waals surface area contributed by atoms with E-state index in [1.54, 1.807) is 0 Å². The highest BCUT2D eigenvalue weighted by molar-refractivity contribution is 5.08. The predicted octanol–water partition coefficient (Wildman–Crippen LogP) is 3.26. The summed E-state index contributed by atoms with van der Waals surface area (Å²) in [5, 5.41) is 0. The zero-order valence-electron chi connectivity index (χ0n) is 12.9. The van der Waals surface area contributed by atoms with Gasteiger partial charge in [0.15, 0.2) is 0 Å². The number of rotatable bonds is 3. The van der Waals surface area contributed by atoms with Crippen molar-refractivity contribution >= 4 is 0 Å². The Labute approximate surface area is 108 Å². The lowest BCUT2D eigenvalue weighted by atomic mass is 9.71. The standard InChI is InChI=1S/C15H32N2/c1-12(13(2,3)4)17(7)15(11-16)10-8-9-14(15,5)6/h12H,8-11,16H2,1-7H3. The Morgan fingerprint density at radius 1 is 1.24 bits per heavy atom. The van der Waals surface area contributed by atoms with E-state index in [-0.39, 0.29) is 5.54 Å². The molecule has 0 spiro atoms. The van der Waals surface area contributed by atoms with Crippen LogP contribution >= 0.6 is 0 Å². The summed E-state index contributed by atoms with van der Waals surface area (Å²) in [7, 11) is 2.27. The number of likely N-dealkylation sites (N-methyl/N-ethyl adjacent to an activating group) is 1. The lowest BCUT2D eigenvalue weighted by molar-refractivity contribution is -0.0254. The Hall–Kier alpha value is -0.0800. The average Bonchev–Trinajstić information content (AvgIpc) is 2.50. The van der Waals surface area contributed by atoms with E-state index in [2.05, 4.69) is 53.5 Å². The van der Waals surface area contributed by atoms with Crippen LogP contribution in [-0.2, 0) is 0 Å². The van der Waals surface area contributed by atoms with E-state index in [4.69, 9.17) is 5.73 Å². The third-order valence-corrected chi connectivity index (χ3v) is 5.50. The summed E-state index contributed by atoms with van der Waals surface area (Å²) >= 11 is 0. The van der Waals surface area contributed by atoms with Crippen molar-refractivity contribution < 1.29 is 0 Å². The summed E-state index contributed by atoms with van der Waals surface area (Å²) in [6.07, 6.45) is 3.85. The second kappa shape index (κ2) is 4.55. The maximum absolute atomic E-state index is 6.18. The molecule has 0 saturated heterocycles. The predicted molar refractivity (Wildman–Crippen MR) is 76.1 cm³/mol. The fraction of sp³-hybridized carbons (Fsp3) is 1.00. The van der Waals surface area contributed by atoms with Gasteiger partial charge < -0.3 is 5.73 Å². The van der Waals surface area contributed by atoms with Gasteiger partial charge in [-0.05, 0) is 37.6 Å². The van der Waals surface area contributed by atoms with E-state index in [1.165, 1.54) is 19.3 Å². The molecule has 1 saturated carbocycles. The van der Waals surface area contributed by atoms with Crippen LogP contribution in [0.3, 0.4) is 0 Å². The second-order valence-corrected chi connectivity index (χ2v) is 7.63. The van der Waals surface area contributed by atoms with Gasteiger partial charge >= 0.3 is 0 Å². The van der Waals surface area contributed by atoms with E-state index in [9.17, 15) is 0 Å². The van der Waals surface area contributed by atoms with Crippen LogP contribution in [0.2, 0.25) is 0 Å². The summed E-state index contributed by atoms with van der Waals surface area (Å²) in [5.41, 5.74) is 7.00. The molecule has 0 heterocycles. The van der Waals surface area contributed by atoms with Crippen LogP contribution in [0.5, 0.6) is 0 Å². The van der Waals surface area contributed by atoms with Gasteiger partial charge in [-0.1, -0.05) is 41.0 Å². The van der Waals surface area contributed by atoms with Gasteiger partial charge in [-0.3, -0.25) is 4.90 Å². The van der Waals surface area contributed by atoms with Gasteiger partial charge in [0.05, 0.1) is 0 Å². The van der Waals surface area contributed by atoms with Crippen molar-refractivity contribution in [1.82, 2.24) is 4.90 Å². The highest BCUT2D eigenvalue weighted by atomic mass is 15.2. The van der Waals surface area contributed by atoms with Gasteiger partial charge in [-0.2, -0.15) is 0 Å². The molecule has 1 rings (SSSR count). The van der Waals surface area contributed by atoms with Crippen LogP contribution in [0.15, 0.2) is 0 Å². The van der Waals surface area contributed by atoms with E-state index in [0.29, 0.717) is 16.9 Å². The lowest BCUT2D eigenvalue weighted by Gasteiger charge is -2.53. The molecule has 0 aromatic heterocycles. The highest BCUT2D eigenvalue weighted by Crippen LogP contribution is 2.50. The maximum atomic E-state index is 6.18. The van der Waals surface area contributed by atoms with Gasteiger partial charge in [0, 0.05) is 18.1 Å². The molecule has 1 aliphatic carbocycles.